The van der Waals surface area contributed by atoms with Crippen molar-refractivity contribution >= 4 is 11.6 Å². The molecule has 20 heavy (non-hydrogen) atoms. The molecule has 0 fully saturated rings. The van der Waals surface area contributed by atoms with Crippen LogP contribution in [0.25, 0.3) is 0 Å². The molecule has 0 aliphatic rings. The number of aliphatic hydroxyl groups is 1. The van der Waals surface area contributed by atoms with Gasteiger partial charge in [-0.3, -0.25) is 4.79 Å². The lowest BCUT2D eigenvalue weighted by molar-refractivity contribution is -0.118. The normalized spacial score (nSPS) is 10.1. The molecular weight excluding hydrogens is 254 g/mol. The van der Waals surface area contributed by atoms with Crippen molar-refractivity contribution in [1.29, 1.82) is 0 Å². The van der Waals surface area contributed by atoms with Gasteiger partial charge < -0.3 is 15.2 Å². The standard InChI is InChI=1S/C16H17NO3/c1-12-9-14(7-8-15(12)17-16(19)10-18)20-11-13-5-3-2-4-6-13/h2-9,18H,10-11H2,1H3,(H,17,19). The van der Waals surface area contributed by atoms with Crippen LogP contribution in [0.3, 0.4) is 0 Å². The number of ether oxygens (including phenoxy) is 1. The summed E-state index contributed by atoms with van der Waals surface area (Å²) in [6.07, 6.45) is 0. The van der Waals surface area contributed by atoms with Crippen molar-refractivity contribution in [3.8, 4) is 5.75 Å². The van der Waals surface area contributed by atoms with Crippen LogP contribution in [-0.2, 0) is 11.4 Å². The number of carbonyl (C=O) groups is 1. The van der Waals surface area contributed by atoms with Gasteiger partial charge in [-0.1, -0.05) is 30.3 Å². The number of amides is 1. The fraction of sp³-hybridized carbons (Fsp3) is 0.188. The highest BCUT2D eigenvalue weighted by Gasteiger charge is 2.04. The fourth-order valence-electron chi connectivity index (χ4n) is 1.80. The Morgan fingerprint density at radius 2 is 1.95 bits per heavy atom. The fourth-order valence-corrected chi connectivity index (χ4v) is 1.80. The summed E-state index contributed by atoms with van der Waals surface area (Å²) < 4.78 is 5.70. The van der Waals surface area contributed by atoms with E-state index in [1.807, 2.05) is 43.3 Å². The van der Waals surface area contributed by atoms with E-state index in [1.54, 1.807) is 12.1 Å². The lowest BCUT2D eigenvalue weighted by atomic mass is 10.2. The first kappa shape index (κ1) is 14.1. The van der Waals surface area contributed by atoms with Gasteiger partial charge in [-0.15, -0.1) is 0 Å². The highest BCUT2D eigenvalue weighted by molar-refractivity contribution is 5.92. The molecule has 0 aliphatic heterocycles. The van der Waals surface area contributed by atoms with Crippen LogP contribution in [0.4, 0.5) is 5.69 Å². The lowest BCUT2D eigenvalue weighted by Gasteiger charge is -2.11. The van der Waals surface area contributed by atoms with Crippen molar-refractivity contribution in [3.63, 3.8) is 0 Å². The topological polar surface area (TPSA) is 58.6 Å². The maximum Gasteiger partial charge on any atom is 0.250 e. The summed E-state index contributed by atoms with van der Waals surface area (Å²) in [6, 6.07) is 15.3. The minimum absolute atomic E-state index is 0.425. The van der Waals surface area contributed by atoms with Gasteiger partial charge in [0.25, 0.3) is 0 Å². The first-order valence-electron chi connectivity index (χ1n) is 6.37. The van der Waals surface area contributed by atoms with E-state index in [0.29, 0.717) is 12.3 Å². The number of benzene rings is 2. The maximum absolute atomic E-state index is 11.1. The van der Waals surface area contributed by atoms with Crippen LogP contribution in [0.1, 0.15) is 11.1 Å². The minimum Gasteiger partial charge on any atom is -0.489 e. The van der Waals surface area contributed by atoms with E-state index in [4.69, 9.17) is 9.84 Å². The number of hydrogen-bond acceptors (Lipinski definition) is 3. The van der Waals surface area contributed by atoms with Crippen molar-refractivity contribution < 1.29 is 14.6 Å². The predicted molar refractivity (Wildman–Crippen MR) is 77.7 cm³/mol. The van der Waals surface area contributed by atoms with Crippen LogP contribution in [0.5, 0.6) is 5.75 Å². The highest BCUT2D eigenvalue weighted by atomic mass is 16.5. The van der Waals surface area contributed by atoms with Gasteiger partial charge >= 0.3 is 0 Å². The molecule has 4 nitrogen and oxygen atoms in total. The number of nitrogens with one attached hydrogen (secondary N) is 1. The molecule has 2 N–H and O–H groups in total. The number of carbonyl (C=O) groups excluding carboxylic acids is 1. The minimum atomic E-state index is -0.522. The van der Waals surface area contributed by atoms with E-state index in [1.165, 1.54) is 0 Å². The van der Waals surface area contributed by atoms with E-state index >= 15 is 0 Å². The Morgan fingerprint density at radius 1 is 1.20 bits per heavy atom. The first-order chi connectivity index (χ1) is 9.69. The zero-order valence-corrected chi connectivity index (χ0v) is 11.3. The molecule has 0 saturated heterocycles. The van der Waals surface area contributed by atoms with Gasteiger partial charge in [-0.2, -0.15) is 0 Å². The summed E-state index contributed by atoms with van der Waals surface area (Å²) in [5, 5.41) is 11.3. The molecule has 1 amide bonds. The molecule has 0 spiro atoms. The average Bonchev–Trinajstić information content (AvgIpc) is 2.48. The van der Waals surface area contributed by atoms with Crippen LogP contribution in [-0.4, -0.2) is 17.6 Å². The van der Waals surface area contributed by atoms with Gasteiger partial charge in [0.1, 0.15) is 19.0 Å². The van der Waals surface area contributed by atoms with Crippen molar-refractivity contribution in [2.45, 2.75) is 13.5 Å². The van der Waals surface area contributed by atoms with Crippen LogP contribution in [0.15, 0.2) is 48.5 Å². The van der Waals surface area contributed by atoms with Crippen molar-refractivity contribution in [1.82, 2.24) is 0 Å². The van der Waals surface area contributed by atoms with Gasteiger partial charge in [-0.05, 0) is 36.2 Å². The number of aryl methyl sites for hydroxylation is 1. The van der Waals surface area contributed by atoms with Crippen molar-refractivity contribution in [2.75, 3.05) is 11.9 Å². The quantitative estimate of drug-likeness (QED) is 0.878. The zero-order valence-electron chi connectivity index (χ0n) is 11.3. The highest BCUT2D eigenvalue weighted by Crippen LogP contribution is 2.22. The van der Waals surface area contributed by atoms with Gasteiger partial charge in [0.2, 0.25) is 5.91 Å². The Balaban J connectivity index is 2.00. The van der Waals surface area contributed by atoms with E-state index < -0.39 is 12.5 Å². The van der Waals surface area contributed by atoms with E-state index in [-0.39, 0.29) is 0 Å². The summed E-state index contributed by atoms with van der Waals surface area (Å²) in [5.41, 5.74) is 2.66. The molecule has 0 bridgehead atoms. The van der Waals surface area contributed by atoms with Gasteiger partial charge in [0.15, 0.2) is 0 Å². The van der Waals surface area contributed by atoms with E-state index in [2.05, 4.69) is 5.32 Å². The SMILES string of the molecule is Cc1cc(OCc2ccccc2)ccc1NC(=O)CO. The van der Waals surface area contributed by atoms with E-state index in [9.17, 15) is 4.79 Å². The zero-order chi connectivity index (χ0) is 14.4. The molecule has 4 heteroatoms. The van der Waals surface area contributed by atoms with Gasteiger partial charge in [0.05, 0.1) is 0 Å². The molecule has 0 saturated carbocycles. The number of rotatable bonds is 5. The smallest absolute Gasteiger partial charge is 0.250 e. The molecule has 0 aromatic heterocycles. The summed E-state index contributed by atoms with van der Waals surface area (Å²) in [5.74, 6) is 0.319. The monoisotopic (exact) mass is 271 g/mol. The lowest BCUT2D eigenvalue weighted by Crippen LogP contribution is -2.16. The summed E-state index contributed by atoms with van der Waals surface area (Å²) in [6.45, 7) is 1.86. The van der Waals surface area contributed by atoms with Crippen molar-refractivity contribution in [3.05, 3.63) is 59.7 Å². The third-order valence-corrected chi connectivity index (χ3v) is 2.86. The third-order valence-electron chi connectivity index (χ3n) is 2.86. The molecule has 2 rings (SSSR count). The van der Waals surface area contributed by atoms with Crippen molar-refractivity contribution in [2.24, 2.45) is 0 Å². The maximum atomic E-state index is 11.1. The molecule has 0 heterocycles. The Hall–Kier alpha value is -2.33. The molecule has 2 aromatic rings. The first-order valence-corrected chi connectivity index (χ1v) is 6.37. The Labute approximate surface area is 118 Å². The number of aliphatic hydroxyl groups excluding tert-OH is 1. The largest absolute Gasteiger partial charge is 0.489 e. The Morgan fingerprint density at radius 3 is 2.60 bits per heavy atom. The van der Waals surface area contributed by atoms with Crippen LogP contribution >= 0.6 is 0 Å². The van der Waals surface area contributed by atoms with Gasteiger partial charge in [0, 0.05) is 5.69 Å². The molecular formula is C16H17NO3. The second kappa shape index (κ2) is 6.73. The molecule has 104 valence electrons. The predicted octanol–water partition coefficient (Wildman–Crippen LogP) is 2.50. The number of hydrogen-bond donors (Lipinski definition) is 2. The van der Waals surface area contributed by atoms with Crippen LogP contribution < -0.4 is 10.1 Å². The molecule has 0 atom stereocenters. The number of anilines is 1. The van der Waals surface area contributed by atoms with Crippen LogP contribution in [0, 0.1) is 6.92 Å². The molecule has 0 radical (unpaired) electrons. The van der Waals surface area contributed by atoms with Gasteiger partial charge in [-0.25, -0.2) is 0 Å². The Kier molecular flexibility index (Phi) is 4.74. The Bertz CT molecular complexity index is 582. The molecule has 0 aliphatic carbocycles. The second-order valence-electron chi connectivity index (χ2n) is 4.46. The summed E-state index contributed by atoms with van der Waals surface area (Å²) >= 11 is 0. The molecule has 0 unspecified atom stereocenters. The second-order valence-corrected chi connectivity index (χ2v) is 4.46. The van der Waals surface area contributed by atoms with Crippen LogP contribution in [0.2, 0.25) is 0 Å². The van der Waals surface area contributed by atoms with E-state index in [0.717, 1.165) is 16.9 Å². The summed E-state index contributed by atoms with van der Waals surface area (Å²) in [4.78, 5) is 11.1. The molecule has 2 aromatic carbocycles. The third kappa shape index (κ3) is 3.83. The summed E-state index contributed by atoms with van der Waals surface area (Å²) in [7, 11) is 0. The average molecular weight is 271 g/mol.